The molecule has 1 atom stereocenters. The van der Waals surface area contributed by atoms with Gasteiger partial charge < -0.3 is 10.4 Å². The fourth-order valence-electron chi connectivity index (χ4n) is 2.04. The molecule has 14 heavy (non-hydrogen) atoms. The standard InChI is InChI=1S/C12H17NO/c1-8-5-11(6-12(14)9(8)2)10-3-4-13-7-10/h5-6,10,13-14H,3-4,7H2,1-2H3. The Bertz CT molecular complexity index is 317. The minimum atomic E-state index is 0.437. The van der Waals surface area contributed by atoms with Crippen molar-refractivity contribution < 1.29 is 5.11 Å². The van der Waals surface area contributed by atoms with Gasteiger partial charge in [0.25, 0.3) is 0 Å². The SMILES string of the molecule is Cc1cc(C2CCNC2)cc(O)c1C. The summed E-state index contributed by atoms with van der Waals surface area (Å²) in [5.74, 6) is 1.02. The van der Waals surface area contributed by atoms with Crippen LogP contribution in [0.1, 0.15) is 29.0 Å². The predicted molar refractivity (Wildman–Crippen MR) is 57.8 cm³/mol. The first-order valence-corrected chi connectivity index (χ1v) is 5.19. The van der Waals surface area contributed by atoms with Crippen LogP contribution in [0.2, 0.25) is 0 Å². The van der Waals surface area contributed by atoms with E-state index < -0.39 is 0 Å². The molecule has 1 aliphatic rings. The van der Waals surface area contributed by atoms with Gasteiger partial charge in [-0.3, -0.25) is 0 Å². The number of aryl methyl sites for hydroxylation is 1. The fourth-order valence-corrected chi connectivity index (χ4v) is 2.04. The Labute approximate surface area is 85.0 Å². The lowest BCUT2D eigenvalue weighted by molar-refractivity contribution is 0.469. The highest BCUT2D eigenvalue weighted by Crippen LogP contribution is 2.29. The Morgan fingerprint density at radius 3 is 2.71 bits per heavy atom. The Morgan fingerprint density at radius 2 is 2.14 bits per heavy atom. The molecule has 0 spiro atoms. The van der Waals surface area contributed by atoms with Gasteiger partial charge in [0, 0.05) is 6.54 Å². The largest absolute Gasteiger partial charge is 0.508 e. The van der Waals surface area contributed by atoms with Crippen LogP contribution in [0.3, 0.4) is 0 Å². The van der Waals surface area contributed by atoms with Gasteiger partial charge in [-0.1, -0.05) is 6.07 Å². The van der Waals surface area contributed by atoms with Crippen molar-refractivity contribution in [3.05, 3.63) is 28.8 Å². The normalized spacial score (nSPS) is 21.4. The summed E-state index contributed by atoms with van der Waals surface area (Å²) in [7, 11) is 0. The molecule has 0 radical (unpaired) electrons. The zero-order valence-electron chi connectivity index (χ0n) is 8.80. The topological polar surface area (TPSA) is 32.3 Å². The average Bonchev–Trinajstić information content (AvgIpc) is 2.66. The Hall–Kier alpha value is -1.02. The van der Waals surface area contributed by atoms with Crippen LogP contribution in [0.5, 0.6) is 5.75 Å². The summed E-state index contributed by atoms with van der Waals surface area (Å²) in [4.78, 5) is 0. The van der Waals surface area contributed by atoms with Crippen molar-refractivity contribution in [2.24, 2.45) is 0 Å². The summed E-state index contributed by atoms with van der Waals surface area (Å²) in [6, 6.07) is 4.12. The van der Waals surface area contributed by atoms with Crippen LogP contribution >= 0.6 is 0 Å². The number of aromatic hydroxyl groups is 1. The molecule has 1 saturated heterocycles. The number of phenolic OH excluding ortho intramolecular Hbond substituents is 1. The second kappa shape index (κ2) is 3.62. The molecule has 1 fully saturated rings. The van der Waals surface area contributed by atoms with Crippen LogP contribution in [0.15, 0.2) is 12.1 Å². The first kappa shape index (κ1) is 9.53. The van der Waals surface area contributed by atoms with Gasteiger partial charge >= 0.3 is 0 Å². The van der Waals surface area contributed by atoms with Crippen LogP contribution in [0.4, 0.5) is 0 Å². The van der Waals surface area contributed by atoms with E-state index in [1.54, 1.807) is 0 Å². The van der Waals surface area contributed by atoms with E-state index in [9.17, 15) is 5.11 Å². The molecule has 0 aromatic heterocycles. The molecular formula is C12H17NO. The lowest BCUT2D eigenvalue weighted by Crippen LogP contribution is -2.08. The van der Waals surface area contributed by atoms with Gasteiger partial charge in [0.15, 0.2) is 0 Å². The average molecular weight is 191 g/mol. The van der Waals surface area contributed by atoms with Crippen LogP contribution < -0.4 is 5.32 Å². The number of hydrogen-bond donors (Lipinski definition) is 2. The van der Waals surface area contributed by atoms with E-state index in [0.29, 0.717) is 11.7 Å². The maximum atomic E-state index is 9.72. The Balaban J connectivity index is 2.34. The molecule has 0 bridgehead atoms. The predicted octanol–water partition coefficient (Wildman–Crippen LogP) is 2.09. The van der Waals surface area contributed by atoms with E-state index in [-0.39, 0.29) is 0 Å². The molecule has 2 rings (SSSR count). The molecule has 2 nitrogen and oxygen atoms in total. The highest BCUT2D eigenvalue weighted by atomic mass is 16.3. The summed E-state index contributed by atoms with van der Waals surface area (Å²) in [6.07, 6.45) is 1.18. The second-order valence-electron chi connectivity index (χ2n) is 4.17. The van der Waals surface area contributed by atoms with Gasteiger partial charge in [0.2, 0.25) is 0 Å². The third-order valence-corrected chi connectivity index (χ3v) is 3.19. The molecular weight excluding hydrogens is 174 g/mol. The molecule has 1 aliphatic heterocycles. The number of benzene rings is 1. The van der Waals surface area contributed by atoms with Crippen molar-refractivity contribution in [2.45, 2.75) is 26.2 Å². The van der Waals surface area contributed by atoms with E-state index in [0.717, 1.165) is 18.7 Å². The van der Waals surface area contributed by atoms with Gasteiger partial charge in [0.1, 0.15) is 5.75 Å². The van der Waals surface area contributed by atoms with Gasteiger partial charge in [-0.15, -0.1) is 0 Å². The van der Waals surface area contributed by atoms with Gasteiger partial charge in [-0.25, -0.2) is 0 Å². The molecule has 0 aliphatic carbocycles. The number of hydrogen-bond acceptors (Lipinski definition) is 2. The summed E-state index contributed by atoms with van der Waals surface area (Å²) < 4.78 is 0. The first-order valence-electron chi connectivity index (χ1n) is 5.19. The van der Waals surface area contributed by atoms with Gasteiger partial charge in [-0.05, 0) is 55.5 Å². The zero-order chi connectivity index (χ0) is 10.1. The van der Waals surface area contributed by atoms with E-state index in [1.807, 2.05) is 13.0 Å². The number of rotatable bonds is 1. The molecule has 0 amide bonds. The molecule has 1 aromatic carbocycles. The van der Waals surface area contributed by atoms with E-state index in [1.165, 1.54) is 17.5 Å². The quantitative estimate of drug-likeness (QED) is 0.712. The summed E-state index contributed by atoms with van der Waals surface area (Å²) in [5, 5.41) is 13.1. The van der Waals surface area contributed by atoms with E-state index >= 15 is 0 Å². The highest BCUT2D eigenvalue weighted by Gasteiger charge is 2.17. The summed E-state index contributed by atoms with van der Waals surface area (Å²) in [5.41, 5.74) is 3.46. The van der Waals surface area contributed by atoms with Crippen LogP contribution in [0, 0.1) is 13.8 Å². The van der Waals surface area contributed by atoms with Crippen LogP contribution in [0.25, 0.3) is 0 Å². The first-order chi connectivity index (χ1) is 6.68. The van der Waals surface area contributed by atoms with Crippen LogP contribution in [-0.4, -0.2) is 18.2 Å². The maximum Gasteiger partial charge on any atom is 0.119 e. The fraction of sp³-hybridized carbons (Fsp3) is 0.500. The van der Waals surface area contributed by atoms with Gasteiger partial charge in [-0.2, -0.15) is 0 Å². The van der Waals surface area contributed by atoms with Gasteiger partial charge in [0.05, 0.1) is 0 Å². The summed E-state index contributed by atoms with van der Waals surface area (Å²) >= 11 is 0. The van der Waals surface area contributed by atoms with Crippen molar-refractivity contribution in [1.29, 1.82) is 0 Å². The molecule has 0 saturated carbocycles. The molecule has 1 heterocycles. The molecule has 76 valence electrons. The summed E-state index contributed by atoms with van der Waals surface area (Å²) in [6.45, 7) is 6.16. The number of nitrogens with one attached hydrogen (secondary N) is 1. The minimum absolute atomic E-state index is 0.437. The molecule has 1 unspecified atom stereocenters. The Morgan fingerprint density at radius 1 is 1.36 bits per heavy atom. The van der Waals surface area contributed by atoms with Crippen molar-refractivity contribution in [3.8, 4) is 5.75 Å². The van der Waals surface area contributed by atoms with Crippen molar-refractivity contribution in [2.75, 3.05) is 13.1 Å². The highest BCUT2D eigenvalue weighted by molar-refractivity contribution is 5.42. The third kappa shape index (κ3) is 1.62. The lowest BCUT2D eigenvalue weighted by Gasteiger charge is -2.12. The van der Waals surface area contributed by atoms with E-state index in [2.05, 4.69) is 18.3 Å². The third-order valence-electron chi connectivity index (χ3n) is 3.19. The maximum absolute atomic E-state index is 9.72. The molecule has 2 heteroatoms. The van der Waals surface area contributed by atoms with E-state index in [4.69, 9.17) is 0 Å². The van der Waals surface area contributed by atoms with Crippen LogP contribution in [-0.2, 0) is 0 Å². The minimum Gasteiger partial charge on any atom is -0.508 e. The van der Waals surface area contributed by atoms with Crippen molar-refractivity contribution in [1.82, 2.24) is 5.32 Å². The number of phenols is 1. The molecule has 2 N–H and O–H groups in total. The Kier molecular flexibility index (Phi) is 2.46. The monoisotopic (exact) mass is 191 g/mol. The van der Waals surface area contributed by atoms with Crippen molar-refractivity contribution in [3.63, 3.8) is 0 Å². The lowest BCUT2D eigenvalue weighted by atomic mass is 9.94. The zero-order valence-corrected chi connectivity index (χ0v) is 8.80. The van der Waals surface area contributed by atoms with Crippen molar-refractivity contribution >= 4 is 0 Å². The smallest absolute Gasteiger partial charge is 0.119 e. The second-order valence-corrected chi connectivity index (χ2v) is 4.17. The molecule has 1 aromatic rings.